The Morgan fingerprint density at radius 2 is 1.03 bits per heavy atom. The number of allylic oxidation sites excluding steroid dienone is 2. The monoisotopic (exact) mass is 937 g/mol. The summed E-state index contributed by atoms with van der Waals surface area (Å²) in [4.78, 5) is 27.2. The lowest BCUT2D eigenvalue weighted by Crippen LogP contribution is -2.66. The van der Waals surface area contributed by atoms with Gasteiger partial charge in [-0.2, -0.15) is 0 Å². The van der Waals surface area contributed by atoms with Crippen molar-refractivity contribution in [3.63, 3.8) is 0 Å². The molecule has 67 heavy (non-hydrogen) atoms. The Hall–Kier alpha value is -1.36. The highest BCUT2D eigenvalue weighted by Gasteiger charge is 2.72. The summed E-state index contributed by atoms with van der Waals surface area (Å²) >= 11 is 0. The van der Waals surface area contributed by atoms with E-state index in [-0.39, 0.29) is 51.5 Å². The van der Waals surface area contributed by atoms with Crippen molar-refractivity contribution in [2.45, 2.75) is 325 Å². The quantitative estimate of drug-likeness (QED) is 0.0395. The summed E-state index contributed by atoms with van der Waals surface area (Å²) in [5.74, 6) is 1.03. The number of carbonyl (C=O) groups is 2. The predicted molar refractivity (Wildman–Crippen MR) is 284 cm³/mol. The van der Waals surface area contributed by atoms with Crippen LogP contribution in [0, 0.1) is 45.3 Å². The molecule has 4 aliphatic carbocycles. The third-order valence-corrected chi connectivity index (χ3v) is 19.9. The van der Waals surface area contributed by atoms with Crippen LogP contribution in [0.15, 0.2) is 11.6 Å². The Labute approximate surface area is 416 Å². The lowest BCUT2D eigenvalue weighted by Gasteiger charge is -2.70. The Bertz CT molecular complexity index is 1450. The van der Waals surface area contributed by atoms with Crippen LogP contribution in [0.25, 0.3) is 0 Å². The molecule has 0 aromatic rings. The van der Waals surface area contributed by atoms with Gasteiger partial charge in [0.25, 0.3) is 0 Å². The minimum absolute atomic E-state index is 0.00326. The van der Waals surface area contributed by atoms with Crippen molar-refractivity contribution in [1.29, 1.82) is 0 Å². The van der Waals surface area contributed by atoms with E-state index in [9.17, 15) is 14.7 Å². The zero-order valence-corrected chi connectivity index (χ0v) is 46.3. The van der Waals surface area contributed by atoms with Crippen LogP contribution in [0.1, 0.15) is 307 Å². The topological polar surface area (TPSA) is 72.8 Å². The molecule has 1 N–H and O–H groups in total. The fourth-order valence-electron chi connectivity index (χ4n) is 15.7. The fourth-order valence-corrected chi connectivity index (χ4v) is 15.7. The number of hydrogen-bond acceptors (Lipinski definition) is 5. The number of ether oxygens (including phenoxy) is 2. The van der Waals surface area contributed by atoms with Gasteiger partial charge in [-0.1, -0.05) is 214 Å². The molecule has 0 spiro atoms. The minimum Gasteiger partial charge on any atom is -0.462 e. The molecule has 10 atom stereocenters. The average molecular weight is 938 g/mol. The maximum Gasteiger partial charge on any atom is 0.306 e. The molecule has 0 radical (unpaired) electrons. The molecular weight excluding hydrogens is 825 g/mol. The van der Waals surface area contributed by atoms with Crippen molar-refractivity contribution in [3.8, 4) is 0 Å². The van der Waals surface area contributed by atoms with Crippen molar-refractivity contribution in [3.05, 3.63) is 11.6 Å². The molecule has 0 amide bonds. The van der Waals surface area contributed by atoms with E-state index in [0.717, 1.165) is 83.5 Å². The van der Waals surface area contributed by atoms with Gasteiger partial charge in [0.2, 0.25) is 0 Å². The molecule has 10 unspecified atom stereocenters. The molecule has 4 rings (SSSR count). The van der Waals surface area contributed by atoms with E-state index in [1.807, 2.05) is 0 Å². The largest absolute Gasteiger partial charge is 0.462 e. The van der Waals surface area contributed by atoms with Gasteiger partial charge in [0, 0.05) is 24.2 Å². The maximum atomic E-state index is 13.8. The average Bonchev–Trinajstić information content (AvgIpc) is 3.66. The standard InChI is InChI=1S/C62H112O5/c1-11-13-15-17-19-21-23-25-27-29-31-33-35-39-55(64)66-54-43-45-59(7)52(58(54,5)6)42-47-60(8)53(59)48-51(63)57-50(41-46-61(57,60)9)62(10,44-37-38-49(3)4)67-56(65)40-36-34-32-30-28-26-24-22-20-18-16-14-12-2/h38,50-54,57,63H,11-37,39-48H2,1-10H3. The zero-order chi connectivity index (χ0) is 49.0. The molecule has 5 heteroatoms. The van der Waals surface area contributed by atoms with E-state index in [0.29, 0.717) is 24.7 Å². The number of carbonyl (C=O) groups excluding carboxylic acids is 2. The number of unbranched alkanes of at least 4 members (excludes halogenated alkanes) is 24. The first-order chi connectivity index (χ1) is 32.0. The third kappa shape index (κ3) is 16.1. The normalized spacial score (nSPS) is 30.7. The van der Waals surface area contributed by atoms with Crippen molar-refractivity contribution in [1.82, 2.24) is 0 Å². The first kappa shape index (κ1) is 58.2. The third-order valence-electron chi connectivity index (χ3n) is 19.9. The van der Waals surface area contributed by atoms with E-state index in [1.54, 1.807) is 0 Å². The number of aliphatic hydroxyl groups is 1. The highest BCUT2D eigenvalue weighted by Crippen LogP contribution is 2.76. The molecule has 4 aliphatic rings. The molecule has 4 fully saturated rings. The molecular formula is C62H112O5. The molecule has 0 saturated heterocycles. The van der Waals surface area contributed by atoms with E-state index in [1.165, 1.54) is 147 Å². The summed E-state index contributed by atoms with van der Waals surface area (Å²) in [5, 5.41) is 12.6. The molecule has 5 nitrogen and oxygen atoms in total. The van der Waals surface area contributed by atoms with Crippen LogP contribution in [-0.2, 0) is 19.1 Å². The van der Waals surface area contributed by atoms with Gasteiger partial charge in [0.15, 0.2) is 0 Å². The van der Waals surface area contributed by atoms with E-state index in [4.69, 9.17) is 9.47 Å². The first-order valence-corrected chi connectivity index (χ1v) is 29.7. The second-order valence-electron chi connectivity index (χ2n) is 25.4. The Balaban J connectivity index is 1.29. The maximum absolute atomic E-state index is 13.8. The van der Waals surface area contributed by atoms with Crippen molar-refractivity contribution >= 4 is 11.9 Å². The Morgan fingerprint density at radius 3 is 1.51 bits per heavy atom. The molecule has 0 aliphatic heterocycles. The summed E-state index contributed by atoms with van der Waals surface area (Å²) in [5.41, 5.74) is 0.667. The summed E-state index contributed by atoms with van der Waals surface area (Å²) in [6.07, 6.45) is 45.5. The van der Waals surface area contributed by atoms with Crippen LogP contribution >= 0.6 is 0 Å². The summed E-state index contributed by atoms with van der Waals surface area (Å²) in [6.45, 7) is 23.6. The molecule has 4 saturated carbocycles. The van der Waals surface area contributed by atoms with Crippen LogP contribution < -0.4 is 0 Å². The van der Waals surface area contributed by atoms with Gasteiger partial charge < -0.3 is 14.6 Å². The SMILES string of the molecule is CCCCCCCCCCCCCCCC(=O)OC1CCC2(C)C(CCC3(C)C2CC(O)C2C(C(C)(CCC=C(C)C)OC(=O)CCCCCCCCCCCCCCC)CCC23C)C1(C)C. The van der Waals surface area contributed by atoms with Crippen molar-refractivity contribution in [2.24, 2.45) is 45.3 Å². The lowest BCUT2D eigenvalue weighted by molar-refractivity contribution is -0.250. The minimum atomic E-state index is -0.607. The summed E-state index contributed by atoms with van der Waals surface area (Å²) in [6, 6.07) is 0. The van der Waals surface area contributed by atoms with E-state index >= 15 is 0 Å². The fraction of sp³-hybridized carbons (Fsp3) is 0.935. The number of hydrogen-bond donors (Lipinski definition) is 1. The Kier molecular flexibility index (Phi) is 24.9. The zero-order valence-electron chi connectivity index (χ0n) is 46.3. The smallest absolute Gasteiger partial charge is 0.306 e. The van der Waals surface area contributed by atoms with Gasteiger partial charge in [-0.3, -0.25) is 9.59 Å². The summed E-state index contributed by atoms with van der Waals surface area (Å²) in [7, 11) is 0. The van der Waals surface area contributed by atoms with Crippen LogP contribution in [0.2, 0.25) is 0 Å². The predicted octanol–water partition coefficient (Wildman–Crippen LogP) is 18.6. The molecule has 390 valence electrons. The van der Waals surface area contributed by atoms with Crippen molar-refractivity contribution in [2.75, 3.05) is 0 Å². The highest BCUT2D eigenvalue weighted by molar-refractivity contribution is 5.70. The number of fused-ring (bicyclic) bond motifs is 5. The van der Waals surface area contributed by atoms with Gasteiger partial charge in [-0.05, 0) is 125 Å². The van der Waals surface area contributed by atoms with Crippen molar-refractivity contribution < 1.29 is 24.2 Å². The van der Waals surface area contributed by atoms with E-state index < -0.39 is 11.7 Å². The van der Waals surface area contributed by atoms with Gasteiger partial charge in [0.05, 0.1) is 6.10 Å². The van der Waals surface area contributed by atoms with Gasteiger partial charge in [0.1, 0.15) is 11.7 Å². The molecule has 0 heterocycles. The second kappa shape index (κ2) is 28.6. The molecule has 0 bridgehead atoms. The molecule has 0 aromatic carbocycles. The highest BCUT2D eigenvalue weighted by atomic mass is 16.6. The van der Waals surface area contributed by atoms with Crippen LogP contribution in [-0.4, -0.2) is 34.9 Å². The van der Waals surface area contributed by atoms with Gasteiger partial charge >= 0.3 is 11.9 Å². The Morgan fingerprint density at radius 1 is 0.582 bits per heavy atom. The number of aliphatic hydroxyl groups excluding tert-OH is 1. The number of rotatable bonds is 34. The van der Waals surface area contributed by atoms with E-state index in [2.05, 4.69) is 75.3 Å². The molecule has 0 aromatic heterocycles. The second-order valence-corrected chi connectivity index (χ2v) is 25.4. The lowest BCUT2D eigenvalue weighted by atomic mass is 9.35. The first-order valence-electron chi connectivity index (χ1n) is 29.7. The van der Waals surface area contributed by atoms with Gasteiger partial charge in [-0.25, -0.2) is 0 Å². The van der Waals surface area contributed by atoms with Crippen LogP contribution in [0.4, 0.5) is 0 Å². The van der Waals surface area contributed by atoms with Crippen LogP contribution in [0.5, 0.6) is 0 Å². The van der Waals surface area contributed by atoms with Gasteiger partial charge in [-0.15, -0.1) is 0 Å². The summed E-state index contributed by atoms with van der Waals surface area (Å²) < 4.78 is 13.2. The number of esters is 2. The van der Waals surface area contributed by atoms with Crippen LogP contribution in [0.3, 0.4) is 0 Å².